The average molecular weight is 264 g/mol. The Morgan fingerprint density at radius 2 is 0.941 bits per heavy atom. The normalized spacial score (nSPS) is 10.6. The van der Waals surface area contributed by atoms with Crippen LogP contribution in [0.3, 0.4) is 0 Å². The first-order valence-corrected chi connectivity index (χ1v) is 7.62. The summed E-state index contributed by atoms with van der Waals surface area (Å²) in [5.41, 5.74) is 0. The van der Waals surface area contributed by atoms with Gasteiger partial charge in [0.2, 0.25) is 0 Å². The van der Waals surface area contributed by atoms with Crippen LogP contribution >= 0.6 is 0 Å². The molecule has 0 aliphatic heterocycles. The smallest absolute Gasteiger partial charge is 0.0768 e. The lowest BCUT2D eigenvalue weighted by Crippen LogP contribution is -3.09. The maximum atomic E-state index is 2.36. The Morgan fingerprint density at radius 3 is 1.29 bits per heavy atom. The molecule has 106 valence electrons. The minimum Gasteiger partial charge on any atom is -1.00 e. The van der Waals surface area contributed by atoms with E-state index in [2.05, 4.69) is 20.9 Å². The van der Waals surface area contributed by atoms with Crippen LogP contribution in [0, 0.1) is 0 Å². The summed E-state index contributed by atoms with van der Waals surface area (Å²) in [5.74, 6) is 0. The zero-order chi connectivity index (χ0) is 12.1. The second kappa shape index (κ2) is 16.2. The van der Waals surface area contributed by atoms with Gasteiger partial charge >= 0.3 is 0 Å². The highest BCUT2D eigenvalue weighted by Crippen LogP contribution is 2.01. The first-order valence-electron chi connectivity index (χ1n) is 7.62. The summed E-state index contributed by atoms with van der Waals surface area (Å²) in [7, 11) is 2.36. The Balaban J connectivity index is 0. The predicted molar refractivity (Wildman–Crippen MR) is 74.1 cm³/mol. The largest absolute Gasteiger partial charge is 1.00 e. The highest BCUT2D eigenvalue weighted by molar-refractivity contribution is 4.42. The number of halogens is 1. The van der Waals surface area contributed by atoms with Crippen LogP contribution in [0.2, 0.25) is 0 Å². The molecule has 0 saturated heterocycles. The quantitative estimate of drug-likeness (QED) is 0.488. The molecule has 17 heavy (non-hydrogen) atoms. The summed E-state index contributed by atoms with van der Waals surface area (Å²) in [4.78, 5) is 1.74. The Kier molecular flexibility index (Phi) is 18.7. The molecule has 2 heteroatoms. The number of nitrogens with one attached hydrogen (secondary N) is 1. The van der Waals surface area contributed by atoms with Gasteiger partial charge < -0.3 is 17.3 Å². The van der Waals surface area contributed by atoms with Crippen molar-refractivity contribution in [2.45, 2.75) is 78.1 Å². The van der Waals surface area contributed by atoms with Crippen molar-refractivity contribution in [3.8, 4) is 0 Å². The molecule has 0 fully saturated rings. The lowest BCUT2D eigenvalue weighted by atomic mass is 10.1. The van der Waals surface area contributed by atoms with Gasteiger partial charge in [0.05, 0.1) is 20.1 Å². The lowest BCUT2D eigenvalue weighted by molar-refractivity contribution is -0.880. The van der Waals surface area contributed by atoms with Gasteiger partial charge in [0.25, 0.3) is 0 Å². The molecule has 0 spiro atoms. The van der Waals surface area contributed by atoms with Crippen molar-refractivity contribution >= 4 is 0 Å². The van der Waals surface area contributed by atoms with Gasteiger partial charge in [-0.2, -0.15) is 0 Å². The fourth-order valence-electron chi connectivity index (χ4n) is 2.19. The van der Waals surface area contributed by atoms with E-state index in [1.54, 1.807) is 4.90 Å². The molecule has 0 aromatic heterocycles. The number of quaternary nitrogens is 1. The average Bonchev–Trinajstić information content (AvgIpc) is 2.28. The Labute approximate surface area is 116 Å². The molecule has 0 aromatic rings. The molecule has 0 heterocycles. The highest BCUT2D eigenvalue weighted by Gasteiger charge is 2.00. The van der Waals surface area contributed by atoms with Gasteiger partial charge in [0, 0.05) is 0 Å². The molecule has 0 aliphatic rings. The van der Waals surface area contributed by atoms with Crippen LogP contribution in [0.25, 0.3) is 0 Å². The third-order valence-corrected chi connectivity index (χ3v) is 3.41. The molecule has 0 bridgehead atoms. The van der Waals surface area contributed by atoms with E-state index >= 15 is 0 Å². The first-order chi connectivity index (χ1) is 7.81. The summed E-state index contributed by atoms with van der Waals surface area (Å²) in [5, 5.41) is 0. The predicted octanol–water partition coefficient (Wildman–Crippen LogP) is 0.446. The van der Waals surface area contributed by atoms with Crippen molar-refractivity contribution in [3.63, 3.8) is 0 Å². The number of hydrogen-bond donors (Lipinski definition) is 1. The fraction of sp³-hybridized carbons (Fsp3) is 1.00. The van der Waals surface area contributed by atoms with Crippen molar-refractivity contribution in [1.29, 1.82) is 0 Å². The molecule has 0 rings (SSSR count). The maximum absolute atomic E-state index is 2.36. The Morgan fingerprint density at radius 1 is 0.588 bits per heavy atom. The number of rotatable bonds is 12. The van der Waals surface area contributed by atoms with Crippen LogP contribution in [0.15, 0.2) is 0 Å². The minimum atomic E-state index is 0. The van der Waals surface area contributed by atoms with Crippen LogP contribution < -0.4 is 17.3 Å². The summed E-state index contributed by atoms with van der Waals surface area (Å²) in [6, 6.07) is 0. The molecule has 0 radical (unpaired) electrons. The van der Waals surface area contributed by atoms with Crippen molar-refractivity contribution < 1.29 is 17.3 Å². The van der Waals surface area contributed by atoms with E-state index < -0.39 is 0 Å². The molecular formula is C15H34ClN. The van der Waals surface area contributed by atoms with Crippen LogP contribution in [0.5, 0.6) is 0 Å². The van der Waals surface area contributed by atoms with Crippen LogP contribution in [0.4, 0.5) is 0 Å². The highest BCUT2D eigenvalue weighted by atomic mass is 35.5. The van der Waals surface area contributed by atoms with E-state index in [-0.39, 0.29) is 12.4 Å². The van der Waals surface area contributed by atoms with Gasteiger partial charge in [-0.15, -0.1) is 0 Å². The van der Waals surface area contributed by atoms with Gasteiger partial charge in [-0.3, -0.25) is 0 Å². The lowest BCUT2D eigenvalue weighted by Gasteiger charge is -2.13. The fourth-order valence-corrected chi connectivity index (χ4v) is 2.19. The van der Waals surface area contributed by atoms with Crippen molar-refractivity contribution in [3.05, 3.63) is 0 Å². The third kappa shape index (κ3) is 16.2. The second-order valence-corrected chi connectivity index (χ2v) is 5.29. The molecule has 0 aliphatic carbocycles. The summed E-state index contributed by atoms with van der Waals surface area (Å²) in [6.07, 6.45) is 14.2. The zero-order valence-corrected chi connectivity index (χ0v) is 13.1. The van der Waals surface area contributed by atoms with E-state index in [1.165, 1.54) is 77.3 Å². The SMILES string of the molecule is CCCCCCC[NH+](C)CCCCCCC.[Cl-]. The van der Waals surface area contributed by atoms with Gasteiger partial charge in [-0.05, 0) is 25.7 Å². The topological polar surface area (TPSA) is 4.44 Å². The standard InChI is InChI=1S/C15H33N.ClH/c1-4-6-8-10-12-14-16(3)15-13-11-9-7-5-2;/h4-15H2,1-3H3;1H. The van der Waals surface area contributed by atoms with E-state index in [9.17, 15) is 0 Å². The molecular weight excluding hydrogens is 230 g/mol. The number of hydrogen-bond acceptors (Lipinski definition) is 0. The molecule has 0 unspecified atom stereocenters. The molecule has 0 aromatic carbocycles. The van der Waals surface area contributed by atoms with Crippen LogP contribution in [-0.4, -0.2) is 20.1 Å². The summed E-state index contributed by atoms with van der Waals surface area (Å²) >= 11 is 0. The van der Waals surface area contributed by atoms with Gasteiger partial charge in [0.15, 0.2) is 0 Å². The molecule has 0 amide bonds. The minimum absolute atomic E-state index is 0. The van der Waals surface area contributed by atoms with Crippen molar-refractivity contribution in [2.24, 2.45) is 0 Å². The van der Waals surface area contributed by atoms with E-state index in [0.29, 0.717) is 0 Å². The van der Waals surface area contributed by atoms with Crippen molar-refractivity contribution in [2.75, 3.05) is 20.1 Å². The van der Waals surface area contributed by atoms with Gasteiger partial charge in [-0.1, -0.05) is 52.4 Å². The zero-order valence-electron chi connectivity index (χ0n) is 12.4. The third-order valence-electron chi connectivity index (χ3n) is 3.41. The van der Waals surface area contributed by atoms with Gasteiger partial charge in [0.1, 0.15) is 0 Å². The molecule has 1 nitrogen and oxygen atoms in total. The molecule has 0 saturated carbocycles. The Bertz CT molecular complexity index is 114. The molecule has 0 atom stereocenters. The van der Waals surface area contributed by atoms with Gasteiger partial charge in [-0.25, -0.2) is 0 Å². The monoisotopic (exact) mass is 263 g/mol. The summed E-state index contributed by atoms with van der Waals surface area (Å²) in [6.45, 7) is 7.34. The Hall–Kier alpha value is 0.250. The second-order valence-electron chi connectivity index (χ2n) is 5.29. The van der Waals surface area contributed by atoms with Crippen LogP contribution in [-0.2, 0) is 0 Å². The van der Waals surface area contributed by atoms with E-state index in [1.807, 2.05) is 0 Å². The molecule has 1 N–H and O–H groups in total. The first kappa shape index (κ1) is 19.6. The van der Waals surface area contributed by atoms with E-state index in [0.717, 1.165) is 0 Å². The van der Waals surface area contributed by atoms with E-state index in [4.69, 9.17) is 0 Å². The van der Waals surface area contributed by atoms with Crippen molar-refractivity contribution in [1.82, 2.24) is 0 Å². The van der Waals surface area contributed by atoms with Crippen LogP contribution in [0.1, 0.15) is 78.1 Å². The number of unbranched alkanes of at least 4 members (excludes halogenated alkanes) is 8. The maximum Gasteiger partial charge on any atom is 0.0768 e. The summed E-state index contributed by atoms with van der Waals surface area (Å²) < 4.78 is 0.